The number of hydrogen-bond donors (Lipinski definition) is 1. The number of benzene rings is 1. The third-order valence-electron chi connectivity index (χ3n) is 5.59. The van der Waals surface area contributed by atoms with E-state index in [1.54, 1.807) is 17.0 Å². The van der Waals surface area contributed by atoms with Crippen molar-refractivity contribution < 1.29 is 21.7 Å². The molecule has 1 aliphatic carbocycles. The van der Waals surface area contributed by atoms with Crippen LogP contribution in [0.25, 0.3) is 10.9 Å². The highest BCUT2D eigenvalue weighted by Crippen LogP contribution is 2.32. The van der Waals surface area contributed by atoms with Gasteiger partial charge in [-0.15, -0.1) is 0 Å². The molecule has 2 nitrogen and oxygen atoms in total. The Morgan fingerprint density at radius 2 is 1.78 bits per heavy atom. The van der Waals surface area contributed by atoms with E-state index in [4.69, 9.17) is 0 Å². The number of nitrogens with one attached hydrogen (secondary N) is 1. The van der Waals surface area contributed by atoms with Gasteiger partial charge in [-0.25, -0.2) is 4.39 Å². The first-order valence-corrected chi connectivity index (χ1v) is 8.96. The quantitative estimate of drug-likeness (QED) is 0.790. The van der Waals surface area contributed by atoms with Crippen molar-refractivity contribution in [1.82, 2.24) is 4.57 Å². The van der Waals surface area contributed by atoms with Crippen molar-refractivity contribution >= 4 is 10.9 Å². The van der Waals surface area contributed by atoms with Crippen molar-refractivity contribution in [1.29, 1.82) is 0 Å². The molecule has 1 aromatic carbocycles. The standard InChI is InChI=1S/C19H25FN2.ClH/c20-15-8-9-19-17(14-15)16-6-2-3-7-18(16)22(19)13-12-21-10-4-1-5-11-21;/h8-9,14H,1-7,10-13H2;1H. The van der Waals surface area contributed by atoms with Crippen LogP contribution in [0.2, 0.25) is 0 Å². The topological polar surface area (TPSA) is 9.37 Å². The lowest BCUT2D eigenvalue weighted by Crippen LogP contribution is -3.13. The molecule has 0 radical (unpaired) electrons. The van der Waals surface area contributed by atoms with Gasteiger partial charge in [0.25, 0.3) is 0 Å². The molecular formula is C19H26ClFN2. The fourth-order valence-electron chi connectivity index (χ4n) is 4.44. The maximum atomic E-state index is 13.7. The van der Waals surface area contributed by atoms with Crippen LogP contribution in [0.15, 0.2) is 18.2 Å². The molecule has 0 amide bonds. The highest BCUT2D eigenvalue weighted by atomic mass is 35.5. The molecule has 1 fully saturated rings. The number of likely N-dealkylation sites (tertiary alicyclic amines) is 1. The lowest BCUT2D eigenvalue weighted by molar-refractivity contribution is -0.905. The van der Waals surface area contributed by atoms with E-state index in [0.717, 1.165) is 13.0 Å². The van der Waals surface area contributed by atoms with Crippen LogP contribution in [-0.4, -0.2) is 24.2 Å². The molecule has 1 aliphatic heterocycles. The summed E-state index contributed by atoms with van der Waals surface area (Å²) in [6, 6.07) is 5.37. The molecule has 1 saturated heterocycles. The van der Waals surface area contributed by atoms with Crippen LogP contribution in [-0.2, 0) is 19.4 Å². The number of aromatic nitrogens is 1. The van der Waals surface area contributed by atoms with Gasteiger partial charge in [-0.1, -0.05) is 0 Å². The van der Waals surface area contributed by atoms with E-state index in [-0.39, 0.29) is 18.2 Å². The first kappa shape index (κ1) is 16.8. The monoisotopic (exact) mass is 336 g/mol. The summed E-state index contributed by atoms with van der Waals surface area (Å²) < 4.78 is 16.2. The normalized spacial score (nSPS) is 18.7. The van der Waals surface area contributed by atoms with Gasteiger partial charge in [0.1, 0.15) is 5.82 Å². The largest absolute Gasteiger partial charge is 1.00 e. The minimum atomic E-state index is -0.0975. The molecule has 1 aromatic heterocycles. The number of piperidine rings is 1. The molecule has 0 atom stereocenters. The molecule has 0 unspecified atom stereocenters. The van der Waals surface area contributed by atoms with Crippen LogP contribution >= 0.6 is 0 Å². The van der Waals surface area contributed by atoms with Gasteiger partial charge in [0.2, 0.25) is 0 Å². The second-order valence-electron chi connectivity index (χ2n) is 7.01. The zero-order valence-electron chi connectivity index (χ0n) is 13.7. The number of halogens is 2. The van der Waals surface area contributed by atoms with Crippen LogP contribution < -0.4 is 17.3 Å². The average Bonchev–Trinajstić information content (AvgIpc) is 2.87. The number of aryl methyl sites for hydroxylation is 1. The third kappa shape index (κ3) is 3.27. The first-order chi connectivity index (χ1) is 10.8. The molecule has 0 bridgehead atoms. The Morgan fingerprint density at radius 3 is 2.61 bits per heavy atom. The number of rotatable bonds is 3. The molecular weight excluding hydrogens is 311 g/mol. The van der Waals surface area contributed by atoms with Gasteiger partial charge in [0, 0.05) is 16.6 Å². The van der Waals surface area contributed by atoms with Crippen LogP contribution in [0, 0.1) is 5.82 Å². The lowest BCUT2D eigenvalue weighted by Gasteiger charge is -2.24. The SMILES string of the molecule is Fc1ccc2c(c1)c1c(n2CC[NH+]2CCCCC2)CCCC1.[Cl-]. The second-order valence-corrected chi connectivity index (χ2v) is 7.01. The van der Waals surface area contributed by atoms with Crippen molar-refractivity contribution in [2.75, 3.05) is 19.6 Å². The van der Waals surface area contributed by atoms with Gasteiger partial charge >= 0.3 is 0 Å². The zero-order valence-corrected chi connectivity index (χ0v) is 14.5. The molecule has 2 heterocycles. The van der Waals surface area contributed by atoms with E-state index in [0.29, 0.717) is 0 Å². The number of nitrogens with zero attached hydrogens (tertiary/aromatic N) is 1. The number of hydrogen-bond acceptors (Lipinski definition) is 0. The van der Waals surface area contributed by atoms with Crippen molar-refractivity contribution in [3.8, 4) is 0 Å². The predicted molar refractivity (Wildman–Crippen MR) is 88.0 cm³/mol. The molecule has 4 rings (SSSR count). The van der Waals surface area contributed by atoms with Gasteiger partial charge in [-0.2, -0.15) is 0 Å². The summed E-state index contributed by atoms with van der Waals surface area (Å²) in [6.45, 7) is 4.96. The minimum absolute atomic E-state index is 0. The summed E-state index contributed by atoms with van der Waals surface area (Å²) in [7, 11) is 0. The summed E-state index contributed by atoms with van der Waals surface area (Å²) in [5, 5.41) is 1.17. The van der Waals surface area contributed by atoms with Crippen LogP contribution in [0.1, 0.15) is 43.4 Å². The van der Waals surface area contributed by atoms with E-state index in [1.165, 1.54) is 80.3 Å². The molecule has 0 saturated carbocycles. The Hall–Kier alpha value is -1.06. The van der Waals surface area contributed by atoms with E-state index in [2.05, 4.69) is 4.57 Å². The minimum Gasteiger partial charge on any atom is -1.00 e. The molecule has 1 N–H and O–H groups in total. The Bertz CT molecular complexity index is 674. The van der Waals surface area contributed by atoms with Crippen molar-refractivity contribution in [2.45, 2.75) is 51.5 Å². The maximum Gasteiger partial charge on any atom is 0.123 e. The molecule has 126 valence electrons. The highest BCUT2D eigenvalue weighted by molar-refractivity contribution is 5.86. The van der Waals surface area contributed by atoms with Crippen molar-refractivity contribution in [3.05, 3.63) is 35.3 Å². The summed E-state index contributed by atoms with van der Waals surface area (Å²) >= 11 is 0. The lowest BCUT2D eigenvalue weighted by atomic mass is 9.95. The van der Waals surface area contributed by atoms with Crippen molar-refractivity contribution in [2.24, 2.45) is 0 Å². The summed E-state index contributed by atoms with van der Waals surface area (Å²) in [4.78, 5) is 1.75. The van der Waals surface area contributed by atoms with Gasteiger partial charge in [0.15, 0.2) is 0 Å². The predicted octanol–water partition coefficient (Wildman–Crippen LogP) is -0.268. The Morgan fingerprint density at radius 1 is 1.00 bits per heavy atom. The van der Waals surface area contributed by atoms with Crippen LogP contribution in [0.5, 0.6) is 0 Å². The van der Waals surface area contributed by atoms with Gasteiger partial charge < -0.3 is 21.9 Å². The van der Waals surface area contributed by atoms with Crippen molar-refractivity contribution in [3.63, 3.8) is 0 Å². The smallest absolute Gasteiger partial charge is 0.123 e. The fourth-order valence-corrected chi connectivity index (χ4v) is 4.44. The fraction of sp³-hybridized carbons (Fsp3) is 0.579. The first-order valence-electron chi connectivity index (χ1n) is 8.96. The second kappa shape index (κ2) is 7.23. The molecule has 2 aromatic rings. The highest BCUT2D eigenvalue weighted by Gasteiger charge is 2.21. The number of fused-ring (bicyclic) bond motifs is 3. The molecule has 23 heavy (non-hydrogen) atoms. The van der Waals surface area contributed by atoms with Gasteiger partial charge in [-0.3, -0.25) is 0 Å². The Balaban J connectivity index is 0.00000156. The third-order valence-corrected chi connectivity index (χ3v) is 5.59. The summed E-state index contributed by atoms with van der Waals surface area (Å²) in [5.41, 5.74) is 4.17. The van der Waals surface area contributed by atoms with E-state index in [9.17, 15) is 4.39 Å². The Labute approximate surface area is 144 Å². The van der Waals surface area contributed by atoms with E-state index >= 15 is 0 Å². The molecule has 0 spiro atoms. The zero-order chi connectivity index (χ0) is 14.9. The average molecular weight is 337 g/mol. The van der Waals surface area contributed by atoms with E-state index in [1.807, 2.05) is 6.07 Å². The van der Waals surface area contributed by atoms with Gasteiger partial charge in [0.05, 0.1) is 26.2 Å². The van der Waals surface area contributed by atoms with Crippen LogP contribution in [0.3, 0.4) is 0 Å². The summed E-state index contributed by atoms with van der Waals surface area (Å²) in [5.74, 6) is -0.0975. The van der Waals surface area contributed by atoms with Gasteiger partial charge in [-0.05, 0) is 68.7 Å². The molecule has 2 aliphatic rings. The maximum absolute atomic E-state index is 13.7. The summed E-state index contributed by atoms with van der Waals surface area (Å²) in [6.07, 6.45) is 8.99. The molecule has 4 heteroatoms. The Kier molecular flexibility index (Phi) is 5.27. The van der Waals surface area contributed by atoms with Crippen LogP contribution in [0.4, 0.5) is 4.39 Å². The van der Waals surface area contributed by atoms with E-state index < -0.39 is 0 Å². The number of quaternary nitrogens is 1.